The van der Waals surface area contributed by atoms with Gasteiger partial charge in [-0.25, -0.2) is 0 Å². The number of hydrogen-bond acceptors (Lipinski definition) is 15. The molecule has 3 rings (SSSR count). The van der Waals surface area contributed by atoms with Crippen molar-refractivity contribution < 1.29 is 74.0 Å². The van der Waals surface area contributed by atoms with Crippen molar-refractivity contribution in [1.82, 2.24) is 0 Å². The summed E-state index contributed by atoms with van der Waals surface area (Å²) in [7, 11) is 2.77. The Morgan fingerprint density at radius 2 is 1.14 bits per heavy atom. The number of hydrogen-bond donors (Lipinski definition) is 8. The largest absolute Gasteiger partial charge is 0.394 e. The molecule has 0 saturated carbocycles. The summed E-state index contributed by atoms with van der Waals surface area (Å²) >= 11 is 0. The zero-order valence-electron chi connectivity index (χ0n) is 19.5. The van der Waals surface area contributed by atoms with E-state index in [-0.39, 0.29) is 0 Å². The summed E-state index contributed by atoms with van der Waals surface area (Å²) in [6.45, 7) is 0.198. The van der Waals surface area contributed by atoms with E-state index in [1.807, 2.05) is 0 Å². The van der Waals surface area contributed by atoms with E-state index in [1.54, 1.807) is 6.92 Å². The molecule has 0 amide bonds. The van der Waals surface area contributed by atoms with Crippen molar-refractivity contribution >= 4 is 0 Å². The molecule has 15 heteroatoms. The van der Waals surface area contributed by atoms with E-state index in [9.17, 15) is 40.9 Å². The summed E-state index contributed by atoms with van der Waals surface area (Å²) in [5.74, 6) is 0. The normalized spacial score (nSPS) is 51.3. The molecule has 0 bridgehead atoms. The number of aliphatic hydroxyl groups is 8. The van der Waals surface area contributed by atoms with Gasteiger partial charge >= 0.3 is 0 Å². The summed E-state index contributed by atoms with van der Waals surface area (Å²) < 4.78 is 38.4. The van der Waals surface area contributed by atoms with E-state index in [4.69, 9.17) is 33.2 Å². The number of rotatable bonds is 8. The fourth-order valence-electron chi connectivity index (χ4n) is 4.55. The van der Waals surface area contributed by atoms with Gasteiger partial charge in [-0.2, -0.15) is 0 Å². The van der Waals surface area contributed by atoms with Gasteiger partial charge in [-0.1, -0.05) is 0 Å². The van der Waals surface area contributed by atoms with Crippen LogP contribution in [0.4, 0.5) is 0 Å². The van der Waals surface area contributed by atoms with Crippen LogP contribution in [0.2, 0.25) is 0 Å². The van der Waals surface area contributed by atoms with Crippen LogP contribution in [0.3, 0.4) is 0 Å². The molecule has 15 atom stereocenters. The van der Waals surface area contributed by atoms with Gasteiger partial charge in [0.25, 0.3) is 0 Å². The lowest BCUT2D eigenvalue weighted by atomic mass is 9.96. The first-order chi connectivity index (χ1) is 16.6. The van der Waals surface area contributed by atoms with Crippen LogP contribution < -0.4 is 0 Å². The van der Waals surface area contributed by atoms with Gasteiger partial charge in [0, 0.05) is 14.2 Å². The molecule has 3 fully saturated rings. The monoisotopic (exact) mass is 516 g/mol. The van der Waals surface area contributed by atoms with Crippen LogP contribution in [0.15, 0.2) is 0 Å². The van der Waals surface area contributed by atoms with Gasteiger partial charge in [-0.15, -0.1) is 0 Å². The molecule has 0 radical (unpaired) electrons. The number of ether oxygens (including phenoxy) is 7. The summed E-state index contributed by atoms with van der Waals surface area (Å²) in [5, 5.41) is 81.2. The van der Waals surface area contributed by atoms with Crippen LogP contribution in [0.5, 0.6) is 0 Å². The summed E-state index contributed by atoms with van der Waals surface area (Å²) in [5.41, 5.74) is 0. The maximum atomic E-state index is 10.8. The van der Waals surface area contributed by atoms with Crippen LogP contribution >= 0.6 is 0 Å². The van der Waals surface area contributed by atoms with Gasteiger partial charge in [0.1, 0.15) is 67.1 Å². The van der Waals surface area contributed by atoms with Crippen molar-refractivity contribution in [3.63, 3.8) is 0 Å². The van der Waals surface area contributed by atoms with Gasteiger partial charge < -0.3 is 74.0 Å². The molecule has 3 heterocycles. The SMILES string of the molecule is CO[C@H]1[C@H](O)[C@H](O[C@H]2[C@H](O[C@H]3[C@H](O)[C@@H](O)C(O)O[C@@H]3CO)O[C@H](CO)[C@H](O)[C@@H]2O)O[C@@H](C)[C@H]1OC. The summed E-state index contributed by atoms with van der Waals surface area (Å²) in [6, 6.07) is 0. The highest BCUT2D eigenvalue weighted by Gasteiger charge is 2.53. The Labute approximate surface area is 201 Å². The van der Waals surface area contributed by atoms with Crippen molar-refractivity contribution in [2.75, 3.05) is 27.4 Å². The minimum atomic E-state index is -1.80. The highest BCUT2D eigenvalue weighted by atomic mass is 16.8. The van der Waals surface area contributed by atoms with E-state index >= 15 is 0 Å². The third-order valence-corrected chi connectivity index (χ3v) is 6.54. The lowest BCUT2D eigenvalue weighted by Crippen LogP contribution is -2.66. The zero-order valence-corrected chi connectivity index (χ0v) is 19.5. The average Bonchev–Trinajstić information content (AvgIpc) is 2.84. The average molecular weight is 516 g/mol. The Bertz CT molecular complexity index is 654. The predicted octanol–water partition coefficient (Wildman–Crippen LogP) is -5.24. The molecule has 35 heavy (non-hydrogen) atoms. The van der Waals surface area contributed by atoms with Crippen molar-refractivity contribution in [3.8, 4) is 0 Å². The molecule has 3 aliphatic heterocycles. The van der Waals surface area contributed by atoms with Gasteiger partial charge in [0.05, 0.1) is 19.3 Å². The molecular weight excluding hydrogens is 480 g/mol. The first-order valence-corrected chi connectivity index (χ1v) is 11.2. The van der Waals surface area contributed by atoms with Crippen LogP contribution in [0.25, 0.3) is 0 Å². The van der Waals surface area contributed by atoms with Crippen molar-refractivity contribution in [2.24, 2.45) is 0 Å². The molecule has 0 aliphatic carbocycles. The van der Waals surface area contributed by atoms with Gasteiger partial charge in [-0.3, -0.25) is 0 Å². The Morgan fingerprint density at radius 1 is 0.571 bits per heavy atom. The lowest BCUT2D eigenvalue weighted by Gasteiger charge is -2.48. The lowest BCUT2D eigenvalue weighted by molar-refractivity contribution is -0.386. The highest BCUT2D eigenvalue weighted by Crippen LogP contribution is 2.33. The van der Waals surface area contributed by atoms with E-state index in [0.717, 1.165) is 0 Å². The fourth-order valence-corrected chi connectivity index (χ4v) is 4.55. The molecule has 206 valence electrons. The van der Waals surface area contributed by atoms with E-state index in [0.29, 0.717) is 0 Å². The maximum Gasteiger partial charge on any atom is 0.187 e. The Hall–Kier alpha value is -0.600. The minimum absolute atomic E-state index is 0.626. The minimum Gasteiger partial charge on any atom is -0.394 e. The second-order valence-electron chi connectivity index (χ2n) is 8.74. The fraction of sp³-hybridized carbons (Fsp3) is 1.00. The van der Waals surface area contributed by atoms with E-state index < -0.39 is 105 Å². The molecule has 0 aromatic rings. The molecule has 1 unspecified atom stereocenters. The van der Waals surface area contributed by atoms with Crippen LogP contribution in [-0.4, -0.2) is 160 Å². The third kappa shape index (κ3) is 5.79. The smallest absolute Gasteiger partial charge is 0.187 e. The molecule has 8 N–H and O–H groups in total. The van der Waals surface area contributed by atoms with Gasteiger partial charge in [0.2, 0.25) is 0 Å². The van der Waals surface area contributed by atoms with Crippen molar-refractivity contribution in [2.45, 2.75) is 99.0 Å². The molecule has 15 nitrogen and oxygen atoms in total. The Morgan fingerprint density at radius 3 is 1.71 bits per heavy atom. The van der Waals surface area contributed by atoms with Crippen LogP contribution in [-0.2, 0) is 33.2 Å². The predicted molar refractivity (Wildman–Crippen MR) is 109 cm³/mol. The van der Waals surface area contributed by atoms with Crippen molar-refractivity contribution in [3.05, 3.63) is 0 Å². The molecule has 3 aliphatic rings. The van der Waals surface area contributed by atoms with Crippen molar-refractivity contribution in [1.29, 1.82) is 0 Å². The van der Waals surface area contributed by atoms with Crippen LogP contribution in [0, 0.1) is 0 Å². The number of methoxy groups -OCH3 is 2. The number of aliphatic hydroxyl groups excluding tert-OH is 8. The first-order valence-electron chi connectivity index (χ1n) is 11.2. The summed E-state index contributed by atoms with van der Waals surface area (Å²) in [6.07, 6.45) is -21.0. The Kier molecular flexibility index (Phi) is 10.2. The van der Waals surface area contributed by atoms with E-state index in [1.165, 1.54) is 14.2 Å². The van der Waals surface area contributed by atoms with Crippen LogP contribution in [0.1, 0.15) is 6.92 Å². The highest BCUT2D eigenvalue weighted by molar-refractivity contribution is 4.96. The molecule has 3 saturated heterocycles. The quantitative estimate of drug-likeness (QED) is 0.151. The second-order valence-corrected chi connectivity index (χ2v) is 8.74. The zero-order chi connectivity index (χ0) is 26.0. The van der Waals surface area contributed by atoms with Gasteiger partial charge in [0.15, 0.2) is 18.9 Å². The molecule has 0 aromatic carbocycles. The molecule has 0 spiro atoms. The Balaban J connectivity index is 1.84. The second kappa shape index (κ2) is 12.3. The topological polar surface area (TPSA) is 226 Å². The van der Waals surface area contributed by atoms with E-state index in [2.05, 4.69) is 0 Å². The summed E-state index contributed by atoms with van der Waals surface area (Å²) in [4.78, 5) is 0. The third-order valence-electron chi connectivity index (χ3n) is 6.54. The first kappa shape index (κ1) is 29.0. The molecule has 0 aromatic heterocycles. The molecular formula is C20H36O15. The van der Waals surface area contributed by atoms with Gasteiger partial charge in [-0.05, 0) is 6.92 Å². The maximum absolute atomic E-state index is 10.8. The standard InChI is InChI=1S/C20H36O15/c1-6-14(29-2)16(30-3)13(27)19(31-6)35-17-10(24)9(23)7(4-21)33-20(17)34-15-8(5-22)32-18(28)12(26)11(15)25/h6-28H,4-5H2,1-3H3/t6-,7+,8+,9-,10-,11+,12+,13-,14+,15+,16-,17+,18?,19-,20-/m0/s1.